The molecular weight excluding hydrogens is 523 g/mol. The van der Waals surface area contributed by atoms with Gasteiger partial charge < -0.3 is 15.2 Å². The van der Waals surface area contributed by atoms with Crippen LogP contribution in [0.1, 0.15) is 33.8 Å². The van der Waals surface area contributed by atoms with Gasteiger partial charge in [0, 0.05) is 17.2 Å². The van der Waals surface area contributed by atoms with Crippen molar-refractivity contribution in [1.29, 1.82) is 0 Å². The van der Waals surface area contributed by atoms with Crippen LogP contribution in [0.3, 0.4) is 0 Å². The number of nitrogens with one attached hydrogen (secondary N) is 1. The Balaban J connectivity index is 1.20. The third-order valence-corrected chi connectivity index (χ3v) is 8.14. The Hall–Kier alpha value is -5.31. The zero-order chi connectivity index (χ0) is 28.3. The van der Waals surface area contributed by atoms with Crippen LogP contribution in [0, 0.1) is 5.82 Å². The van der Waals surface area contributed by atoms with E-state index in [1.54, 1.807) is 35.3 Å². The fourth-order valence-electron chi connectivity index (χ4n) is 5.94. The quantitative estimate of drug-likeness (QED) is 0.278. The van der Waals surface area contributed by atoms with Crippen LogP contribution in [0.25, 0.3) is 27.9 Å². The maximum absolute atomic E-state index is 15.3. The van der Waals surface area contributed by atoms with Crippen molar-refractivity contribution in [3.05, 3.63) is 114 Å². The van der Waals surface area contributed by atoms with Gasteiger partial charge in [-0.15, -0.1) is 0 Å². The van der Waals surface area contributed by atoms with Gasteiger partial charge in [-0.3, -0.25) is 4.79 Å². The Kier molecular flexibility index (Phi) is 5.50. The van der Waals surface area contributed by atoms with Gasteiger partial charge in [-0.2, -0.15) is 5.10 Å². The van der Waals surface area contributed by atoms with Crippen LogP contribution in [0.15, 0.2) is 91.5 Å². The first-order chi connectivity index (χ1) is 19.9. The van der Waals surface area contributed by atoms with Crippen LogP contribution < -0.4 is 10.1 Å². The highest BCUT2D eigenvalue weighted by Gasteiger charge is 2.65. The van der Waals surface area contributed by atoms with E-state index in [0.717, 1.165) is 27.9 Å². The van der Waals surface area contributed by atoms with Gasteiger partial charge in [0.2, 0.25) is 5.91 Å². The minimum Gasteiger partial charge on any atom is -0.496 e. The average molecular weight is 547 g/mol. The van der Waals surface area contributed by atoms with Crippen LogP contribution in [0.4, 0.5) is 10.1 Å². The molecule has 1 aromatic heterocycles. The van der Waals surface area contributed by atoms with Crippen LogP contribution in [-0.4, -0.2) is 38.9 Å². The second kappa shape index (κ2) is 9.12. The minimum atomic E-state index is -1.10. The zero-order valence-electron chi connectivity index (χ0n) is 21.8. The fraction of sp³-hybridized carbons (Fsp3) is 0.125. The summed E-state index contributed by atoms with van der Waals surface area (Å²) in [6.45, 7) is 0. The molecule has 202 valence electrons. The number of anilines is 1. The first-order valence-corrected chi connectivity index (χ1v) is 13.0. The van der Waals surface area contributed by atoms with Crippen molar-refractivity contribution < 1.29 is 23.8 Å². The smallest absolute Gasteiger partial charge is 0.339 e. The van der Waals surface area contributed by atoms with Crippen LogP contribution in [0.2, 0.25) is 0 Å². The molecule has 5 aromatic rings. The molecule has 2 N–H and O–H groups in total. The number of carbonyl (C=O) groups is 2. The molecule has 1 saturated carbocycles. The van der Waals surface area contributed by atoms with Crippen molar-refractivity contribution in [3.63, 3.8) is 0 Å². The molecule has 7 rings (SSSR count). The molecule has 2 unspecified atom stereocenters. The Bertz CT molecular complexity index is 1840. The number of rotatable bonds is 6. The number of halogens is 1. The van der Waals surface area contributed by atoms with Crippen molar-refractivity contribution in [2.45, 2.75) is 17.8 Å². The molecule has 1 spiro atoms. The van der Waals surface area contributed by atoms with Crippen LogP contribution in [0.5, 0.6) is 5.75 Å². The SMILES string of the molecule is COc1ccc(C2CC23C(=O)Nc2cc(F)c(-c4ccc(-c5ccc(-n6cncn6)cc5)cc4)cc23)cc1C(=O)O. The standard InChI is InChI=1S/C32H23FN4O4/c1-41-29-11-8-21(12-24(29)30(38)39)26-15-32(26)25-13-23(27(33)14-28(25)36-31(32)40)20-4-2-18(3-5-20)19-6-9-22(10-7-19)37-17-34-16-35-37/h2-14,16-17,26H,15H2,1H3,(H,36,40)(H,38,39). The van der Waals surface area contributed by atoms with Crippen molar-refractivity contribution in [1.82, 2.24) is 14.8 Å². The number of benzene rings is 4. The zero-order valence-corrected chi connectivity index (χ0v) is 21.8. The Morgan fingerprint density at radius 1 is 1.02 bits per heavy atom. The molecule has 2 atom stereocenters. The van der Waals surface area contributed by atoms with Gasteiger partial charge in [0.25, 0.3) is 0 Å². The van der Waals surface area contributed by atoms with E-state index in [2.05, 4.69) is 15.4 Å². The van der Waals surface area contributed by atoms with E-state index < -0.39 is 17.2 Å². The van der Waals surface area contributed by atoms with Gasteiger partial charge in [-0.25, -0.2) is 18.9 Å². The number of carboxylic acids is 1. The first kappa shape index (κ1) is 24.7. The maximum Gasteiger partial charge on any atom is 0.339 e. The van der Waals surface area contributed by atoms with Gasteiger partial charge in [-0.1, -0.05) is 42.5 Å². The Morgan fingerprint density at radius 3 is 2.39 bits per heavy atom. The largest absolute Gasteiger partial charge is 0.496 e. The van der Waals surface area contributed by atoms with Crippen molar-refractivity contribution in [3.8, 4) is 33.7 Å². The van der Waals surface area contributed by atoms with Gasteiger partial charge >= 0.3 is 5.97 Å². The number of aromatic carboxylic acids is 1. The van der Waals surface area contributed by atoms with Crippen molar-refractivity contribution in [2.75, 3.05) is 12.4 Å². The summed E-state index contributed by atoms with van der Waals surface area (Å²) in [5.41, 5.74) is 5.06. The molecule has 0 radical (unpaired) electrons. The lowest BCUT2D eigenvalue weighted by Gasteiger charge is -2.13. The fourth-order valence-corrected chi connectivity index (χ4v) is 5.94. The Labute approximate surface area is 234 Å². The molecule has 2 aliphatic rings. The maximum atomic E-state index is 15.3. The molecule has 1 amide bonds. The summed E-state index contributed by atoms with van der Waals surface area (Å²) in [6.07, 6.45) is 3.62. The first-order valence-electron chi connectivity index (χ1n) is 13.0. The number of amides is 1. The van der Waals surface area contributed by atoms with E-state index in [4.69, 9.17) is 4.74 Å². The molecule has 8 nitrogen and oxygen atoms in total. The monoisotopic (exact) mass is 546 g/mol. The molecule has 0 bridgehead atoms. The highest BCUT2D eigenvalue weighted by molar-refractivity contribution is 6.10. The molecule has 1 fully saturated rings. The lowest BCUT2D eigenvalue weighted by molar-refractivity contribution is -0.118. The average Bonchev–Trinajstić information content (AvgIpc) is 3.38. The summed E-state index contributed by atoms with van der Waals surface area (Å²) in [4.78, 5) is 29.0. The number of aromatic nitrogens is 3. The summed E-state index contributed by atoms with van der Waals surface area (Å²) in [7, 11) is 1.42. The third kappa shape index (κ3) is 3.88. The van der Waals surface area contributed by atoms with Gasteiger partial charge in [0.05, 0.1) is 18.2 Å². The van der Waals surface area contributed by atoms with Crippen LogP contribution >= 0.6 is 0 Å². The summed E-state index contributed by atoms with van der Waals surface area (Å²) in [5, 5.41) is 16.6. The number of carbonyl (C=O) groups excluding carboxylic acids is 1. The van der Waals surface area contributed by atoms with Gasteiger partial charge in [-0.05, 0) is 70.6 Å². The lowest BCUT2D eigenvalue weighted by atomic mass is 9.89. The van der Waals surface area contributed by atoms with E-state index in [-0.39, 0.29) is 23.1 Å². The third-order valence-electron chi connectivity index (χ3n) is 8.14. The lowest BCUT2D eigenvalue weighted by Crippen LogP contribution is -2.21. The van der Waals surface area contributed by atoms with Crippen LogP contribution in [-0.2, 0) is 10.2 Å². The van der Waals surface area contributed by atoms with E-state index in [9.17, 15) is 14.7 Å². The minimum absolute atomic E-state index is 0.0404. The summed E-state index contributed by atoms with van der Waals surface area (Å²) < 4.78 is 22.2. The van der Waals surface area contributed by atoms with Crippen molar-refractivity contribution in [2.24, 2.45) is 0 Å². The van der Waals surface area contributed by atoms with E-state index >= 15 is 4.39 Å². The van der Waals surface area contributed by atoms with E-state index in [1.165, 1.54) is 19.5 Å². The molecule has 4 aromatic carbocycles. The predicted octanol–water partition coefficient (Wildman–Crippen LogP) is 5.82. The number of carboxylic acid groups (broad SMARTS) is 1. The molecule has 0 saturated heterocycles. The molecular formula is C32H23FN4O4. The number of ether oxygens (including phenoxy) is 1. The molecule has 9 heteroatoms. The van der Waals surface area contributed by atoms with Crippen molar-refractivity contribution >= 4 is 17.6 Å². The van der Waals surface area contributed by atoms with Gasteiger partial charge in [0.1, 0.15) is 29.8 Å². The second-order valence-corrected chi connectivity index (χ2v) is 10.3. The second-order valence-electron chi connectivity index (χ2n) is 10.3. The van der Waals surface area contributed by atoms with E-state index in [0.29, 0.717) is 23.2 Å². The number of fused-ring (bicyclic) bond motifs is 2. The number of hydrogen-bond donors (Lipinski definition) is 2. The summed E-state index contributed by atoms with van der Waals surface area (Å²) in [6, 6.07) is 23.6. The number of nitrogens with zero attached hydrogens (tertiary/aromatic N) is 3. The van der Waals surface area contributed by atoms with Gasteiger partial charge in [0.15, 0.2) is 0 Å². The summed E-state index contributed by atoms with van der Waals surface area (Å²) in [5.74, 6) is -1.71. The predicted molar refractivity (Wildman–Crippen MR) is 150 cm³/mol. The van der Waals surface area contributed by atoms with E-state index in [1.807, 2.05) is 48.5 Å². The number of hydrogen-bond acceptors (Lipinski definition) is 5. The summed E-state index contributed by atoms with van der Waals surface area (Å²) >= 11 is 0. The molecule has 1 aliphatic heterocycles. The number of methoxy groups -OCH3 is 1. The normalized spacial score (nSPS) is 18.7. The highest BCUT2D eigenvalue weighted by atomic mass is 19.1. The molecule has 2 heterocycles. The highest BCUT2D eigenvalue weighted by Crippen LogP contribution is 2.65. The topological polar surface area (TPSA) is 106 Å². The Morgan fingerprint density at radius 2 is 1.73 bits per heavy atom. The molecule has 41 heavy (non-hydrogen) atoms. The molecule has 1 aliphatic carbocycles.